The van der Waals surface area contributed by atoms with Gasteiger partial charge >= 0.3 is 0 Å². The topological polar surface area (TPSA) is 67.4 Å². The number of hydrazine groups is 1. The minimum absolute atomic E-state index is 0.298. The predicted molar refractivity (Wildman–Crippen MR) is 106 cm³/mol. The van der Waals surface area contributed by atoms with E-state index in [1.165, 1.54) is 0 Å². The summed E-state index contributed by atoms with van der Waals surface area (Å²) in [6.07, 6.45) is 0. The molecule has 0 aliphatic heterocycles. The van der Waals surface area contributed by atoms with Gasteiger partial charge in [0.05, 0.1) is 23.6 Å². The van der Waals surface area contributed by atoms with E-state index in [1.54, 1.807) is 38.3 Å². The van der Waals surface area contributed by atoms with Gasteiger partial charge in [-0.1, -0.05) is 48.0 Å². The Bertz CT molecular complexity index is 1000. The van der Waals surface area contributed by atoms with E-state index in [-0.39, 0.29) is 5.91 Å². The molecular formula is C21H19ClN2O3. The lowest BCUT2D eigenvalue weighted by atomic mass is 9.97. The third-order valence-corrected chi connectivity index (χ3v) is 4.71. The van der Waals surface area contributed by atoms with E-state index < -0.39 is 11.8 Å². The molecule has 0 aliphatic carbocycles. The molecule has 3 rings (SSSR count). The monoisotopic (exact) mass is 382 g/mol. The number of methoxy groups -OCH3 is 1. The molecule has 0 heterocycles. The zero-order valence-electron chi connectivity index (χ0n) is 15.0. The number of amides is 2. The Morgan fingerprint density at radius 1 is 0.963 bits per heavy atom. The van der Waals surface area contributed by atoms with E-state index in [9.17, 15) is 9.59 Å². The lowest BCUT2D eigenvalue weighted by Gasteiger charge is -2.14. The Hall–Kier alpha value is -3.05. The quantitative estimate of drug-likeness (QED) is 0.668. The number of benzene rings is 3. The molecule has 0 bridgehead atoms. The van der Waals surface area contributed by atoms with Crippen molar-refractivity contribution in [2.75, 3.05) is 7.11 Å². The average molecular weight is 383 g/mol. The predicted octanol–water partition coefficient (Wildman–Crippen LogP) is 4.07. The second kappa shape index (κ2) is 8.10. The maximum absolute atomic E-state index is 12.4. The van der Waals surface area contributed by atoms with Crippen LogP contribution >= 0.6 is 11.6 Å². The molecule has 3 aromatic carbocycles. The molecule has 0 spiro atoms. The summed E-state index contributed by atoms with van der Waals surface area (Å²) in [7, 11) is 1.62. The maximum Gasteiger partial charge on any atom is 0.271 e. The molecule has 0 saturated carbocycles. The standard InChI is InChI=1S/C21H19ClN2O3/c1-13(14-7-8-16-12-17(27-2)10-9-15(16)11-14)20(25)23-24-21(26)18-5-3-4-6-19(18)22/h3-13H,1-2H3,(H,23,25)(H,24,26)/t13-/m0/s1. The van der Waals surface area contributed by atoms with Gasteiger partial charge in [-0.2, -0.15) is 0 Å². The number of nitrogens with one attached hydrogen (secondary N) is 2. The fourth-order valence-corrected chi connectivity index (χ4v) is 2.95. The number of hydrogen-bond donors (Lipinski definition) is 2. The summed E-state index contributed by atoms with van der Waals surface area (Å²) < 4.78 is 5.22. The first-order chi connectivity index (χ1) is 13.0. The van der Waals surface area contributed by atoms with Gasteiger partial charge in [-0.3, -0.25) is 20.4 Å². The molecule has 3 aromatic rings. The van der Waals surface area contributed by atoms with E-state index in [0.29, 0.717) is 10.6 Å². The SMILES string of the molecule is COc1ccc2cc([C@H](C)C(=O)NNC(=O)c3ccccc3Cl)ccc2c1. The lowest BCUT2D eigenvalue weighted by Crippen LogP contribution is -2.43. The lowest BCUT2D eigenvalue weighted by molar-refractivity contribution is -0.123. The third kappa shape index (κ3) is 4.20. The zero-order chi connectivity index (χ0) is 19.4. The summed E-state index contributed by atoms with van der Waals surface area (Å²) in [5, 5.41) is 2.35. The molecule has 6 heteroatoms. The summed E-state index contributed by atoms with van der Waals surface area (Å²) >= 11 is 5.99. The second-order valence-electron chi connectivity index (χ2n) is 6.12. The molecule has 2 amide bonds. The van der Waals surface area contributed by atoms with Crippen LogP contribution in [0.4, 0.5) is 0 Å². The van der Waals surface area contributed by atoms with Gasteiger partial charge in [0.25, 0.3) is 5.91 Å². The fraction of sp³-hybridized carbons (Fsp3) is 0.143. The maximum atomic E-state index is 12.4. The van der Waals surface area contributed by atoms with E-state index in [4.69, 9.17) is 16.3 Å². The molecule has 0 unspecified atom stereocenters. The van der Waals surface area contributed by atoms with E-state index in [2.05, 4.69) is 10.9 Å². The smallest absolute Gasteiger partial charge is 0.271 e. The van der Waals surface area contributed by atoms with Gasteiger partial charge in [0.1, 0.15) is 5.75 Å². The van der Waals surface area contributed by atoms with Crippen LogP contribution in [0.3, 0.4) is 0 Å². The Morgan fingerprint density at radius 3 is 2.41 bits per heavy atom. The number of ether oxygens (including phenoxy) is 1. The van der Waals surface area contributed by atoms with Crippen LogP contribution in [0, 0.1) is 0 Å². The molecule has 2 N–H and O–H groups in total. The highest BCUT2D eigenvalue weighted by molar-refractivity contribution is 6.33. The number of fused-ring (bicyclic) bond motifs is 1. The van der Waals surface area contributed by atoms with Crippen LogP contribution in [0.25, 0.3) is 10.8 Å². The van der Waals surface area contributed by atoms with Crippen LogP contribution in [-0.2, 0) is 4.79 Å². The molecule has 0 radical (unpaired) electrons. The Kier molecular flexibility index (Phi) is 5.62. The van der Waals surface area contributed by atoms with Crippen LogP contribution in [-0.4, -0.2) is 18.9 Å². The van der Waals surface area contributed by atoms with Gasteiger partial charge in [-0.25, -0.2) is 0 Å². The molecule has 0 aliphatic rings. The van der Waals surface area contributed by atoms with Crippen LogP contribution in [0.1, 0.15) is 28.8 Å². The van der Waals surface area contributed by atoms with Crippen molar-refractivity contribution in [3.63, 3.8) is 0 Å². The first kappa shape index (κ1) is 18.7. The van der Waals surface area contributed by atoms with E-state index >= 15 is 0 Å². The number of carbonyl (C=O) groups excluding carboxylic acids is 2. The van der Waals surface area contributed by atoms with Gasteiger partial charge < -0.3 is 4.74 Å². The zero-order valence-corrected chi connectivity index (χ0v) is 15.7. The molecule has 1 atom stereocenters. The minimum atomic E-state index is -0.466. The largest absolute Gasteiger partial charge is 0.497 e. The number of hydrogen-bond acceptors (Lipinski definition) is 3. The van der Waals surface area contributed by atoms with Crippen LogP contribution < -0.4 is 15.6 Å². The summed E-state index contributed by atoms with van der Waals surface area (Å²) in [6.45, 7) is 1.78. The van der Waals surface area contributed by atoms with Crippen molar-refractivity contribution >= 4 is 34.2 Å². The molecule has 0 saturated heterocycles. The Balaban J connectivity index is 1.69. The Labute approximate surface area is 162 Å². The van der Waals surface area contributed by atoms with Gasteiger partial charge in [0, 0.05) is 0 Å². The van der Waals surface area contributed by atoms with E-state index in [1.807, 2.05) is 36.4 Å². The van der Waals surface area contributed by atoms with Crippen molar-refractivity contribution < 1.29 is 14.3 Å². The normalized spacial score (nSPS) is 11.7. The molecule has 0 aromatic heterocycles. The highest BCUT2D eigenvalue weighted by Gasteiger charge is 2.17. The number of carbonyl (C=O) groups is 2. The second-order valence-corrected chi connectivity index (χ2v) is 6.52. The number of rotatable bonds is 4. The van der Waals surface area contributed by atoms with E-state index in [0.717, 1.165) is 22.1 Å². The summed E-state index contributed by atoms with van der Waals surface area (Å²) in [6, 6.07) is 18.2. The fourth-order valence-electron chi connectivity index (χ4n) is 2.73. The molecule has 138 valence electrons. The van der Waals surface area contributed by atoms with Gasteiger partial charge in [0.15, 0.2) is 0 Å². The average Bonchev–Trinajstić information content (AvgIpc) is 2.70. The summed E-state index contributed by atoms with van der Waals surface area (Å²) in [5.74, 6) is -0.443. The van der Waals surface area contributed by atoms with Crippen LogP contribution in [0.15, 0.2) is 60.7 Å². The first-order valence-corrected chi connectivity index (χ1v) is 8.80. The molecular weight excluding hydrogens is 364 g/mol. The highest BCUT2D eigenvalue weighted by Crippen LogP contribution is 2.25. The van der Waals surface area contributed by atoms with Gasteiger partial charge in [-0.05, 0) is 47.5 Å². The van der Waals surface area contributed by atoms with Crippen molar-refractivity contribution in [3.8, 4) is 5.75 Å². The Morgan fingerprint density at radius 2 is 1.67 bits per heavy atom. The highest BCUT2D eigenvalue weighted by atomic mass is 35.5. The molecule has 0 fully saturated rings. The van der Waals surface area contributed by atoms with Crippen molar-refractivity contribution in [3.05, 3.63) is 76.8 Å². The molecule has 5 nitrogen and oxygen atoms in total. The van der Waals surface area contributed by atoms with Crippen LogP contribution in [0.2, 0.25) is 5.02 Å². The first-order valence-electron chi connectivity index (χ1n) is 8.42. The van der Waals surface area contributed by atoms with Gasteiger partial charge in [-0.15, -0.1) is 0 Å². The van der Waals surface area contributed by atoms with Crippen molar-refractivity contribution in [1.82, 2.24) is 10.9 Å². The van der Waals surface area contributed by atoms with Crippen molar-refractivity contribution in [2.45, 2.75) is 12.8 Å². The molecule has 27 heavy (non-hydrogen) atoms. The van der Waals surface area contributed by atoms with Crippen molar-refractivity contribution in [1.29, 1.82) is 0 Å². The number of halogens is 1. The summed E-state index contributed by atoms with van der Waals surface area (Å²) in [4.78, 5) is 24.6. The summed E-state index contributed by atoms with van der Waals surface area (Å²) in [5.41, 5.74) is 6.00. The van der Waals surface area contributed by atoms with Gasteiger partial charge in [0.2, 0.25) is 5.91 Å². The van der Waals surface area contributed by atoms with Crippen molar-refractivity contribution in [2.24, 2.45) is 0 Å². The minimum Gasteiger partial charge on any atom is -0.497 e. The third-order valence-electron chi connectivity index (χ3n) is 4.38. The van der Waals surface area contributed by atoms with Crippen LogP contribution in [0.5, 0.6) is 5.75 Å².